The number of aliphatic carboxylic acids is 1. The lowest BCUT2D eigenvalue weighted by atomic mass is 9.88. The van der Waals surface area contributed by atoms with Gasteiger partial charge in [-0.25, -0.2) is 17.6 Å². The average molecular weight is 304 g/mol. The summed E-state index contributed by atoms with van der Waals surface area (Å²) < 4.78 is 53.7. The molecule has 0 saturated heterocycles. The molecular weight excluding hydrogens is 292 g/mol. The van der Waals surface area contributed by atoms with E-state index in [1.165, 1.54) is 13.8 Å². The molecule has 0 amide bonds. The molecule has 114 valence electrons. The molecule has 0 aromatic heterocycles. The molecule has 3 nitrogen and oxygen atoms in total. The van der Waals surface area contributed by atoms with Crippen LogP contribution in [0.25, 0.3) is 0 Å². The molecule has 0 aliphatic heterocycles. The fourth-order valence-corrected chi connectivity index (χ4v) is 3.06. The summed E-state index contributed by atoms with van der Waals surface area (Å²) in [6.07, 6.45) is -0.412. The van der Waals surface area contributed by atoms with Crippen LogP contribution in [0, 0.1) is 40.0 Å². The zero-order valence-corrected chi connectivity index (χ0v) is 11.2. The van der Waals surface area contributed by atoms with E-state index in [1.54, 1.807) is 0 Å². The van der Waals surface area contributed by atoms with Crippen LogP contribution >= 0.6 is 0 Å². The SMILES string of the molecule is CC1(C)C(C=O)C1(Cc1c(F)c(F)cc(F)c1F)C(=O)O. The normalized spacial score (nSPS) is 26.5. The third-order valence-electron chi connectivity index (χ3n) is 4.55. The van der Waals surface area contributed by atoms with E-state index in [9.17, 15) is 32.3 Å². The van der Waals surface area contributed by atoms with Gasteiger partial charge in [0.15, 0.2) is 23.3 Å². The highest BCUT2D eigenvalue weighted by Crippen LogP contribution is 2.69. The van der Waals surface area contributed by atoms with Crippen LogP contribution < -0.4 is 0 Å². The van der Waals surface area contributed by atoms with Gasteiger partial charge < -0.3 is 9.90 Å². The Labute approximate surface area is 117 Å². The third-order valence-corrected chi connectivity index (χ3v) is 4.55. The van der Waals surface area contributed by atoms with Crippen molar-refractivity contribution in [2.45, 2.75) is 20.3 Å². The van der Waals surface area contributed by atoms with E-state index in [0.717, 1.165) is 0 Å². The lowest BCUT2D eigenvalue weighted by Crippen LogP contribution is -2.26. The molecule has 2 unspecified atom stereocenters. The molecule has 1 saturated carbocycles. The Hall–Kier alpha value is -1.92. The fourth-order valence-electron chi connectivity index (χ4n) is 3.06. The Kier molecular flexibility index (Phi) is 3.35. The molecule has 0 heterocycles. The number of rotatable bonds is 4. The van der Waals surface area contributed by atoms with Crippen LogP contribution in [0.2, 0.25) is 0 Å². The lowest BCUT2D eigenvalue weighted by molar-refractivity contribution is -0.145. The topological polar surface area (TPSA) is 54.4 Å². The molecule has 2 rings (SSSR count). The van der Waals surface area contributed by atoms with Gasteiger partial charge in [-0.15, -0.1) is 0 Å². The van der Waals surface area contributed by atoms with Gasteiger partial charge in [0.1, 0.15) is 6.29 Å². The lowest BCUT2D eigenvalue weighted by Gasteiger charge is -2.16. The molecule has 0 bridgehead atoms. The first-order valence-electron chi connectivity index (χ1n) is 6.11. The highest BCUT2D eigenvalue weighted by atomic mass is 19.2. The molecule has 0 spiro atoms. The van der Waals surface area contributed by atoms with Crippen molar-refractivity contribution in [3.63, 3.8) is 0 Å². The average Bonchev–Trinajstić information content (AvgIpc) is 2.88. The highest BCUT2D eigenvalue weighted by molar-refractivity contribution is 5.88. The van der Waals surface area contributed by atoms with Gasteiger partial charge in [0.25, 0.3) is 0 Å². The van der Waals surface area contributed by atoms with E-state index in [4.69, 9.17) is 0 Å². The van der Waals surface area contributed by atoms with Crippen LogP contribution in [0.5, 0.6) is 0 Å². The molecule has 0 radical (unpaired) electrons. The quantitative estimate of drug-likeness (QED) is 0.528. The second-order valence-electron chi connectivity index (χ2n) is 5.74. The summed E-state index contributed by atoms with van der Waals surface area (Å²) in [5.41, 5.74) is -3.84. The molecule has 1 fully saturated rings. The van der Waals surface area contributed by atoms with Crippen molar-refractivity contribution < 1.29 is 32.3 Å². The van der Waals surface area contributed by atoms with Crippen molar-refractivity contribution in [3.05, 3.63) is 34.9 Å². The summed E-state index contributed by atoms with van der Waals surface area (Å²) in [5.74, 6) is -8.92. The van der Waals surface area contributed by atoms with Gasteiger partial charge in [-0.05, 0) is 11.8 Å². The maximum Gasteiger partial charge on any atom is 0.311 e. The van der Waals surface area contributed by atoms with Crippen molar-refractivity contribution >= 4 is 12.3 Å². The van der Waals surface area contributed by atoms with Crippen LogP contribution in [0.15, 0.2) is 6.07 Å². The maximum atomic E-state index is 13.7. The smallest absolute Gasteiger partial charge is 0.311 e. The summed E-state index contributed by atoms with van der Waals surface area (Å²) in [4.78, 5) is 22.5. The van der Waals surface area contributed by atoms with Gasteiger partial charge >= 0.3 is 5.97 Å². The van der Waals surface area contributed by atoms with Crippen LogP contribution in [0.3, 0.4) is 0 Å². The number of hydrogen-bond acceptors (Lipinski definition) is 2. The monoisotopic (exact) mass is 304 g/mol. The minimum absolute atomic E-state index is 0.0524. The summed E-state index contributed by atoms with van der Waals surface area (Å²) in [6, 6.07) is 0.0524. The van der Waals surface area contributed by atoms with Gasteiger partial charge in [0.05, 0.1) is 5.41 Å². The van der Waals surface area contributed by atoms with Crippen LogP contribution in [-0.2, 0) is 16.0 Å². The van der Waals surface area contributed by atoms with Crippen molar-refractivity contribution in [2.24, 2.45) is 16.7 Å². The van der Waals surface area contributed by atoms with Gasteiger partial charge in [-0.3, -0.25) is 4.79 Å². The minimum Gasteiger partial charge on any atom is -0.481 e. The Morgan fingerprint density at radius 3 is 2.05 bits per heavy atom. The van der Waals surface area contributed by atoms with E-state index >= 15 is 0 Å². The zero-order chi connectivity index (χ0) is 16.2. The van der Waals surface area contributed by atoms with E-state index in [0.29, 0.717) is 6.29 Å². The standard InChI is InChI=1S/C14H12F4O3/c1-13(2)9(5-19)14(13,12(20)21)4-6-10(17)7(15)3-8(16)11(6)18/h3,5,9H,4H2,1-2H3,(H,20,21). The number of aldehydes is 1. The highest BCUT2D eigenvalue weighted by Gasteiger charge is 2.76. The summed E-state index contributed by atoms with van der Waals surface area (Å²) in [5, 5.41) is 9.33. The van der Waals surface area contributed by atoms with Crippen LogP contribution in [0.1, 0.15) is 19.4 Å². The Bertz CT molecular complexity index is 615. The Morgan fingerprint density at radius 1 is 1.24 bits per heavy atom. The first kappa shape index (κ1) is 15.5. The van der Waals surface area contributed by atoms with Gasteiger partial charge in [-0.1, -0.05) is 13.8 Å². The maximum absolute atomic E-state index is 13.7. The van der Waals surface area contributed by atoms with Gasteiger partial charge in [0.2, 0.25) is 0 Å². The number of carboxylic acid groups (broad SMARTS) is 1. The molecule has 21 heavy (non-hydrogen) atoms. The van der Waals surface area contributed by atoms with E-state index in [1.807, 2.05) is 0 Å². The number of carbonyl (C=O) groups is 2. The molecule has 7 heteroatoms. The molecular formula is C14H12F4O3. The first-order valence-corrected chi connectivity index (χ1v) is 6.11. The zero-order valence-electron chi connectivity index (χ0n) is 11.2. The van der Waals surface area contributed by atoms with Gasteiger partial charge in [0, 0.05) is 17.5 Å². The number of benzene rings is 1. The largest absolute Gasteiger partial charge is 0.481 e. The molecule has 1 aromatic carbocycles. The number of halogens is 4. The first-order chi connectivity index (χ1) is 9.61. The van der Waals surface area contributed by atoms with Crippen molar-refractivity contribution in [1.82, 2.24) is 0 Å². The molecule has 1 N–H and O–H groups in total. The summed E-state index contributed by atoms with van der Waals surface area (Å²) in [6.45, 7) is 2.90. The minimum atomic E-state index is -1.78. The van der Waals surface area contributed by atoms with E-state index < -0.39 is 58.0 Å². The predicted molar refractivity (Wildman–Crippen MR) is 63.4 cm³/mol. The third kappa shape index (κ3) is 1.86. The van der Waals surface area contributed by atoms with Crippen molar-refractivity contribution in [2.75, 3.05) is 0 Å². The van der Waals surface area contributed by atoms with Crippen molar-refractivity contribution in [1.29, 1.82) is 0 Å². The molecule has 1 aliphatic carbocycles. The van der Waals surface area contributed by atoms with E-state index in [-0.39, 0.29) is 6.07 Å². The Balaban J connectivity index is 2.56. The predicted octanol–water partition coefficient (Wildman–Crippen LogP) is 2.71. The fraction of sp³-hybridized carbons (Fsp3) is 0.429. The van der Waals surface area contributed by atoms with Crippen LogP contribution in [-0.4, -0.2) is 17.4 Å². The van der Waals surface area contributed by atoms with Gasteiger partial charge in [-0.2, -0.15) is 0 Å². The van der Waals surface area contributed by atoms with E-state index in [2.05, 4.69) is 0 Å². The Morgan fingerprint density at radius 2 is 1.71 bits per heavy atom. The number of carboxylic acids is 1. The molecule has 1 aromatic rings. The number of hydrogen-bond donors (Lipinski definition) is 1. The number of carbonyl (C=O) groups excluding carboxylic acids is 1. The molecule has 2 atom stereocenters. The van der Waals surface area contributed by atoms with Crippen molar-refractivity contribution in [3.8, 4) is 0 Å². The molecule has 1 aliphatic rings. The second-order valence-corrected chi connectivity index (χ2v) is 5.74. The van der Waals surface area contributed by atoms with Crippen LogP contribution in [0.4, 0.5) is 17.6 Å². The summed E-state index contributed by atoms with van der Waals surface area (Å²) >= 11 is 0. The second kappa shape index (κ2) is 4.54. The summed E-state index contributed by atoms with van der Waals surface area (Å²) in [7, 11) is 0.